The molecule has 2 N–H and O–H groups in total. The lowest BCUT2D eigenvalue weighted by atomic mass is 9.97. The van der Waals surface area contributed by atoms with Crippen molar-refractivity contribution in [3.05, 3.63) is 42.0 Å². The van der Waals surface area contributed by atoms with E-state index < -0.39 is 11.7 Å². The van der Waals surface area contributed by atoms with Crippen LogP contribution >= 0.6 is 11.8 Å². The van der Waals surface area contributed by atoms with Gasteiger partial charge in [-0.05, 0) is 55.7 Å². The summed E-state index contributed by atoms with van der Waals surface area (Å²) in [4.78, 5) is 26.4. The summed E-state index contributed by atoms with van der Waals surface area (Å²) < 4.78 is 37.8. The summed E-state index contributed by atoms with van der Waals surface area (Å²) in [5, 5.41) is 14.5. The molecule has 3 rings (SSSR count). The number of rotatable bonds is 8. The Balaban J connectivity index is 1.48. The highest BCUT2D eigenvalue weighted by molar-refractivity contribution is 7.99. The Kier molecular flexibility index (Phi) is 8.54. The van der Waals surface area contributed by atoms with Crippen LogP contribution in [0.1, 0.15) is 31.7 Å². The molecule has 1 saturated heterocycles. The van der Waals surface area contributed by atoms with Crippen LogP contribution in [0.2, 0.25) is 0 Å². The highest BCUT2D eigenvalue weighted by Crippen LogP contribution is 2.30. The normalized spacial score (nSPS) is 16.4. The summed E-state index contributed by atoms with van der Waals surface area (Å²) in [6, 6.07) is 7.86. The standard InChI is InChI=1S/C22H26F3N5O2S/c1-2-11-26-21(32)15-4-3-12-30(13-15)18-9-10-20(29-28-18)33-14-19(31)27-17-7-5-16(6-8-17)22(23,24)25/h5-10,15H,2-4,11-14H2,1H3,(H,26,32)(H,27,31)/t15-/m0/s1. The number of carbonyl (C=O) groups excluding carboxylic acids is 2. The molecule has 2 aromatic rings. The molecule has 1 aromatic carbocycles. The Morgan fingerprint density at radius 3 is 2.55 bits per heavy atom. The largest absolute Gasteiger partial charge is 0.416 e. The van der Waals surface area contributed by atoms with Crippen LogP contribution in [0.15, 0.2) is 41.4 Å². The molecule has 1 aliphatic heterocycles. The molecule has 1 atom stereocenters. The fourth-order valence-corrected chi connectivity index (χ4v) is 4.04. The highest BCUT2D eigenvalue weighted by atomic mass is 32.2. The molecular formula is C22H26F3N5O2S. The molecule has 7 nitrogen and oxygen atoms in total. The van der Waals surface area contributed by atoms with Gasteiger partial charge in [-0.15, -0.1) is 10.2 Å². The summed E-state index contributed by atoms with van der Waals surface area (Å²) in [6.07, 6.45) is -1.77. The van der Waals surface area contributed by atoms with Crippen LogP contribution in [-0.2, 0) is 15.8 Å². The van der Waals surface area contributed by atoms with Gasteiger partial charge in [-0.2, -0.15) is 13.2 Å². The number of alkyl halides is 3. The molecule has 1 aliphatic rings. The van der Waals surface area contributed by atoms with Crippen molar-refractivity contribution in [2.24, 2.45) is 5.92 Å². The minimum Gasteiger partial charge on any atom is -0.356 e. The van der Waals surface area contributed by atoms with Gasteiger partial charge in [-0.3, -0.25) is 9.59 Å². The minimum atomic E-state index is -4.42. The van der Waals surface area contributed by atoms with E-state index in [1.807, 2.05) is 17.9 Å². The second-order valence-electron chi connectivity index (χ2n) is 7.72. The van der Waals surface area contributed by atoms with Crippen molar-refractivity contribution in [1.82, 2.24) is 15.5 Å². The van der Waals surface area contributed by atoms with Crippen molar-refractivity contribution in [2.45, 2.75) is 37.4 Å². The fraction of sp³-hybridized carbons (Fsp3) is 0.455. The maximum absolute atomic E-state index is 12.6. The van der Waals surface area contributed by atoms with Crippen LogP contribution < -0.4 is 15.5 Å². The van der Waals surface area contributed by atoms with Gasteiger partial charge in [-0.25, -0.2) is 0 Å². The third-order valence-electron chi connectivity index (χ3n) is 5.14. The van der Waals surface area contributed by atoms with Crippen LogP contribution in [0.25, 0.3) is 0 Å². The first-order valence-corrected chi connectivity index (χ1v) is 11.7. The molecular weight excluding hydrogens is 455 g/mol. The Bertz CT molecular complexity index is 939. The van der Waals surface area contributed by atoms with Crippen LogP contribution in [0.5, 0.6) is 0 Å². The van der Waals surface area contributed by atoms with Crippen molar-refractivity contribution >= 4 is 35.1 Å². The van der Waals surface area contributed by atoms with E-state index in [0.29, 0.717) is 23.9 Å². The number of hydrogen-bond donors (Lipinski definition) is 2. The predicted molar refractivity (Wildman–Crippen MR) is 121 cm³/mol. The second-order valence-corrected chi connectivity index (χ2v) is 8.71. The molecule has 178 valence electrons. The zero-order valence-electron chi connectivity index (χ0n) is 18.2. The summed E-state index contributed by atoms with van der Waals surface area (Å²) in [5.41, 5.74) is -0.482. The van der Waals surface area contributed by atoms with Gasteiger partial charge in [0.25, 0.3) is 0 Å². The summed E-state index contributed by atoms with van der Waals surface area (Å²) >= 11 is 1.18. The molecule has 1 aromatic heterocycles. The lowest BCUT2D eigenvalue weighted by molar-refractivity contribution is -0.137. The number of hydrogen-bond acceptors (Lipinski definition) is 6. The number of thioether (sulfide) groups is 1. The second kappa shape index (κ2) is 11.4. The smallest absolute Gasteiger partial charge is 0.356 e. The number of anilines is 2. The number of aromatic nitrogens is 2. The monoisotopic (exact) mass is 481 g/mol. The first kappa shape index (κ1) is 24.8. The van der Waals surface area contributed by atoms with Gasteiger partial charge in [0.15, 0.2) is 5.82 Å². The van der Waals surface area contributed by atoms with E-state index in [2.05, 4.69) is 20.8 Å². The molecule has 0 saturated carbocycles. The Morgan fingerprint density at radius 1 is 1.15 bits per heavy atom. The molecule has 0 spiro atoms. The van der Waals surface area contributed by atoms with Gasteiger partial charge in [-0.1, -0.05) is 18.7 Å². The van der Waals surface area contributed by atoms with Crippen LogP contribution in [0.4, 0.5) is 24.7 Å². The average Bonchev–Trinajstić information content (AvgIpc) is 2.81. The Labute approximate surface area is 194 Å². The van der Waals surface area contributed by atoms with E-state index in [-0.39, 0.29) is 29.2 Å². The Morgan fingerprint density at radius 2 is 1.91 bits per heavy atom. The van der Waals surface area contributed by atoms with Crippen molar-refractivity contribution in [3.8, 4) is 0 Å². The molecule has 1 fully saturated rings. The van der Waals surface area contributed by atoms with E-state index in [0.717, 1.165) is 37.9 Å². The lowest BCUT2D eigenvalue weighted by Crippen LogP contribution is -2.43. The molecule has 11 heteroatoms. The summed E-state index contributed by atoms with van der Waals surface area (Å²) in [6.45, 7) is 4.08. The van der Waals surface area contributed by atoms with Crippen LogP contribution in [0, 0.1) is 5.92 Å². The number of amides is 2. The van der Waals surface area contributed by atoms with Gasteiger partial charge in [0, 0.05) is 25.3 Å². The SMILES string of the molecule is CCCNC(=O)[C@H]1CCCN(c2ccc(SCC(=O)Nc3ccc(C(F)(F)F)cc3)nn2)C1. The van der Waals surface area contributed by atoms with E-state index in [9.17, 15) is 22.8 Å². The van der Waals surface area contributed by atoms with Crippen molar-refractivity contribution in [3.63, 3.8) is 0 Å². The minimum absolute atomic E-state index is 0.0401. The molecule has 33 heavy (non-hydrogen) atoms. The maximum Gasteiger partial charge on any atom is 0.416 e. The van der Waals surface area contributed by atoms with E-state index in [1.165, 1.54) is 23.9 Å². The fourth-order valence-electron chi connectivity index (χ4n) is 3.43. The van der Waals surface area contributed by atoms with Crippen molar-refractivity contribution in [2.75, 3.05) is 35.6 Å². The zero-order valence-corrected chi connectivity index (χ0v) is 19.0. The van der Waals surface area contributed by atoms with E-state index >= 15 is 0 Å². The number of piperidine rings is 1. The first-order chi connectivity index (χ1) is 15.8. The maximum atomic E-state index is 12.6. The number of nitrogens with zero attached hydrogens (tertiary/aromatic N) is 3. The van der Waals surface area contributed by atoms with Gasteiger partial charge >= 0.3 is 6.18 Å². The third kappa shape index (κ3) is 7.34. The van der Waals surface area contributed by atoms with Gasteiger partial charge in [0.05, 0.1) is 17.2 Å². The number of halogens is 3. The van der Waals surface area contributed by atoms with Crippen molar-refractivity contribution in [1.29, 1.82) is 0 Å². The first-order valence-electron chi connectivity index (χ1n) is 10.7. The summed E-state index contributed by atoms with van der Waals surface area (Å²) in [5.74, 6) is 0.360. The number of carbonyl (C=O) groups is 2. The predicted octanol–water partition coefficient (Wildman–Crippen LogP) is 3.97. The molecule has 0 aliphatic carbocycles. The van der Waals surface area contributed by atoms with Crippen LogP contribution in [0.3, 0.4) is 0 Å². The summed E-state index contributed by atoms with van der Waals surface area (Å²) in [7, 11) is 0. The van der Waals surface area contributed by atoms with Gasteiger partial charge in [0.1, 0.15) is 5.03 Å². The van der Waals surface area contributed by atoms with Crippen LogP contribution in [-0.4, -0.2) is 47.4 Å². The molecule has 0 radical (unpaired) electrons. The zero-order chi connectivity index (χ0) is 23.8. The Hall–Kier alpha value is -2.82. The van der Waals surface area contributed by atoms with Gasteiger partial charge in [0.2, 0.25) is 11.8 Å². The molecule has 2 amide bonds. The van der Waals surface area contributed by atoms with Crippen molar-refractivity contribution < 1.29 is 22.8 Å². The van der Waals surface area contributed by atoms with E-state index in [1.54, 1.807) is 6.07 Å². The highest BCUT2D eigenvalue weighted by Gasteiger charge is 2.30. The van der Waals surface area contributed by atoms with Gasteiger partial charge < -0.3 is 15.5 Å². The quantitative estimate of drug-likeness (QED) is 0.555. The lowest BCUT2D eigenvalue weighted by Gasteiger charge is -2.32. The number of nitrogens with one attached hydrogen (secondary N) is 2. The molecule has 2 heterocycles. The molecule has 0 unspecified atom stereocenters. The van der Waals surface area contributed by atoms with E-state index in [4.69, 9.17) is 0 Å². The average molecular weight is 482 g/mol. The number of benzene rings is 1. The topological polar surface area (TPSA) is 87.2 Å². The third-order valence-corrected chi connectivity index (χ3v) is 6.06. The molecule has 0 bridgehead atoms.